The van der Waals surface area contributed by atoms with Gasteiger partial charge in [-0.1, -0.05) is 0 Å². The highest BCUT2D eigenvalue weighted by Gasteiger charge is 1.86. The van der Waals surface area contributed by atoms with Gasteiger partial charge in [0.2, 0.25) is 6.08 Å². The third-order valence-corrected chi connectivity index (χ3v) is 0.940. The van der Waals surface area contributed by atoms with Crippen LogP contribution in [0.3, 0.4) is 0 Å². The molecular weight excluding hydrogens is 130 g/mol. The average Bonchev–Trinajstić information content (AvgIpc) is 2.03. The van der Waals surface area contributed by atoms with Crippen LogP contribution in [0.4, 0.5) is 0 Å². The lowest BCUT2D eigenvalue weighted by Crippen LogP contribution is -1.83. The van der Waals surface area contributed by atoms with E-state index in [2.05, 4.69) is 15.0 Å². The molecule has 0 amide bonds. The van der Waals surface area contributed by atoms with Gasteiger partial charge in [0.05, 0.1) is 6.54 Å². The van der Waals surface area contributed by atoms with Gasteiger partial charge in [-0.05, 0) is 0 Å². The molecule has 4 nitrogen and oxygen atoms in total. The second-order valence-electron chi connectivity index (χ2n) is 1.65. The first kappa shape index (κ1) is 6.58. The molecule has 1 aromatic heterocycles. The van der Waals surface area contributed by atoms with Crippen LogP contribution in [0.5, 0.6) is 0 Å². The first-order chi connectivity index (χ1) is 4.93. The Bertz CT molecular complexity index is 240. The zero-order valence-corrected chi connectivity index (χ0v) is 5.19. The Kier molecular flexibility index (Phi) is 2.29. The molecule has 0 saturated heterocycles. The van der Waals surface area contributed by atoms with E-state index < -0.39 is 0 Å². The number of aliphatic imine (C=N–C) groups is 1. The minimum Gasteiger partial charge on any atom is -0.244 e. The highest BCUT2D eigenvalue weighted by molar-refractivity contribution is 5.33. The molecule has 0 aliphatic rings. The maximum atomic E-state index is 9.65. The van der Waals surface area contributed by atoms with E-state index in [9.17, 15) is 4.79 Å². The predicted molar refractivity (Wildman–Crippen MR) is 33.9 cm³/mol. The summed E-state index contributed by atoms with van der Waals surface area (Å²) >= 11 is 0. The summed E-state index contributed by atoms with van der Waals surface area (Å²) in [4.78, 5) is 20.5. The van der Waals surface area contributed by atoms with Crippen molar-refractivity contribution in [2.45, 2.75) is 6.54 Å². The second-order valence-corrected chi connectivity index (χ2v) is 1.65. The SMILES string of the molecule is O=C=NCc1cncnc1. The number of carbonyl (C=O) groups excluding carboxylic acids is 1. The van der Waals surface area contributed by atoms with Gasteiger partial charge < -0.3 is 0 Å². The molecule has 0 aliphatic carbocycles. The summed E-state index contributed by atoms with van der Waals surface area (Å²) in [6, 6.07) is 0. The van der Waals surface area contributed by atoms with Crippen molar-refractivity contribution in [1.29, 1.82) is 0 Å². The van der Waals surface area contributed by atoms with Crippen molar-refractivity contribution in [1.82, 2.24) is 9.97 Å². The summed E-state index contributed by atoms with van der Waals surface area (Å²) in [5, 5.41) is 0. The van der Waals surface area contributed by atoms with Gasteiger partial charge in [0, 0.05) is 18.0 Å². The summed E-state index contributed by atoms with van der Waals surface area (Å²) in [6.45, 7) is 0.310. The molecule has 1 heterocycles. The second kappa shape index (κ2) is 3.48. The van der Waals surface area contributed by atoms with Crippen molar-refractivity contribution in [2.75, 3.05) is 0 Å². The lowest BCUT2D eigenvalue weighted by atomic mass is 10.3. The fraction of sp³-hybridized carbons (Fsp3) is 0.167. The van der Waals surface area contributed by atoms with E-state index in [1.54, 1.807) is 12.4 Å². The zero-order chi connectivity index (χ0) is 7.23. The molecule has 0 radical (unpaired) electrons. The number of rotatable bonds is 2. The van der Waals surface area contributed by atoms with Gasteiger partial charge in [-0.3, -0.25) is 0 Å². The summed E-state index contributed by atoms with van der Waals surface area (Å²) in [5.74, 6) is 0. The molecule has 50 valence electrons. The molecule has 0 fully saturated rings. The molecule has 1 aromatic rings. The van der Waals surface area contributed by atoms with E-state index in [0.717, 1.165) is 5.56 Å². The summed E-state index contributed by atoms with van der Waals surface area (Å²) < 4.78 is 0. The van der Waals surface area contributed by atoms with Gasteiger partial charge in [0.25, 0.3) is 0 Å². The van der Waals surface area contributed by atoms with E-state index in [-0.39, 0.29) is 0 Å². The molecular formula is C6H5N3O. The quantitative estimate of drug-likeness (QED) is 0.433. The fourth-order valence-electron chi connectivity index (χ4n) is 0.535. The summed E-state index contributed by atoms with van der Waals surface area (Å²) in [6.07, 6.45) is 6.07. The highest BCUT2D eigenvalue weighted by Crippen LogP contribution is 1.93. The van der Waals surface area contributed by atoms with Crippen molar-refractivity contribution < 1.29 is 4.79 Å². The number of isocyanates is 1. The van der Waals surface area contributed by atoms with E-state index in [1.807, 2.05) is 0 Å². The monoisotopic (exact) mass is 135 g/mol. The van der Waals surface area contributed by atoms with Crippen molar-refractivity contribution in [3.05, 3.63) is 24.3 Å². The lowest BCUT2D eigenvalue weighted by Gasteiger charge is -1.88. The van der Waals surface area contributed by atoms with Gasteiger partial charge in [0.1, 0.15) is 6.33 Å². The Morgan fingerprint density at radius 1 is 1.50 bits per heavy atom. The highest BCUT2D eigenvalue weighted by atomic mass is 16.1. The third-order valence-electron chi connectivity index (χ3n) is 0.940. The van der Waals surface area contributed by atoms with Gasteiger partial charge >= 0.3 is 0 Å². The smallest absolute Gasteiger partial charge is 0.235 e. The van der Waals surface area contributed by atoms with Crippen molar-refractivity contribution in [3.8, 4) is 0 Å². The van der Waals surface area contributed by atoms with Crippen LogP contribution >= 0.6 is 0 Å². The Morgan fingerprint density at radius 3 is 2.80 bits per heavy atom. The number of hydrogen-bond acceptors (Lipinski definition) is 4. The molecule has 10 heavy (non-hydrogen) atoms. The Labute approximate surface area is 57.7 Å². The normalized spacial score (nSPS) is 8.40. The zero-order valence-electron chi connectivity index (χ0n) is 5.19. The van der Waals surface area contributed by atoms with Crippen LogP contribution in [-0.4, -0.2) is 16.0 Å². The van der Waals surface area contributed by atoms with Gasteiger partial charge in [-0.15, -0.1) is 0 Å². The van der Waals surface area contributed by atoms with E-state index in [4.69, 9.17) is 0 Å². The molecule has 0 aromatic carbocycles. The molecule has 0 atom stereocenters. The minimum atomic E-state index is 0.310. The standard InChI is InChI=1S/C6H5N3O/c10-5-9-3-6-1-7-4-8-2-6/h1-2,4H,3H2. The van der Waals surface area contributed by atoms with Crippen LogP contribution in [0.15, 0.2) is 23.7 Å². The van der Waals surface area contributed by atoms with Crippen LogP contribution in [0, 0.1) is 0 Å². The van der Waals surface area contributed by atoms with Crippen LogP contribution < -0.4 is 0 Å². The molecule has 0 N–H and O–H groups in total. The molecule has 0 unspecified atom stereocenters. The minimum absolute atomic E-state index is 0.310. The number of hydrogen-bond donors (Lipinski definition) is 0. The number of nitrogens with zero attached hydrogens (tertiary/aromatic N) is 3. The lowest BCUT2D eigenvalue weighted by molar-refractivity contribution is 0.562. The molecule has 1 rings (SSSR count). The predicted octanol–water partition coefficient (Wildman–Crippen LogP) is 0.312. The Hall–Kier alpha value is -1.54. The molecule has 0 saturated carbocycles. The molecule has 0 aliphatic heterocycles. The maximum absolute atomic E-state index is 9.65. The molecule has 0 spiro atoms. The van der Waals surface area contributed by atoms with Crippen LogP contribution in [-0.2, 0) is 11.3 Å². The van der Waals surface area contributed by atoms with Gasteiger partial charge in [-0.2, -0.15) is 0 Å². The first-order valence-corrected chi connectivity index (χ1v) is 2.71. The van der Waals surface area contributed by atoms with Gasteiger partial charge in [0.15, 0.2) is 0 Å². The van der Waals surface area contributed by atoms with E-state index >= 15 is 0 Å². The van der Waals surface area contributed by atoms with Crippen molar-refractivity contribution >= 4 is 6.08 Å². The third kappa shape index (κ3) is 1.76. The summed E-state index contributed by atoms with van der Waals surface area (Å²) in [5.41, 5.74) is 0.811. The average molecular weight is 135 g/mol. The van der Waals surface area contributed by atoms with Gasteiger partial charge in [-0.25, -0.2) is 19.8 Å². The fourth-order valence-corrected chi connectivity index (χ4v) is 0.535. The topological polar surface area (TPSA) is 55.2 Å². The number of aromatic nitrogens is 2. The van der Waals surface area contributed by atoms with E-state index in [0.29, 0.717) is 6.54 Å². The Balaban J connectivity index is 2.67. The molecule has 0 bridgehead atoms. The largest absolute Gasteiger partial charge is 0.244 e. The van der Waals surface area contributed by atoms with Crippen LogP contribution in [0.25, 0.3) is 0 Å². The van der Waals surface area contributed by atoms with E-state index in [1.165, 1.54) is 12.4 Å². The maximum Gasteiger partial charge on any atom is 0.235 e. The first-order valence-electron chi connectivity index (χ1n) is 2.71. The van der Waals surface area contributed by atoms with Crippen molar-refractivity contribution in [2.24, 2.45) is 4.99 Å². The summed E-state index contributed by atoms with van der Waals surface area (Å²) in [7, 11) is 0. The van der Waals surface area contributed by atoms with Crippen molar-refractivity contribution in [3.63, 3.8) is 0 Å². The van der Waals surface area contributed by atoms with Crippen LogP contribution in [0.1, 0.15) is 5.56 Å². The van der Waals surface area contributed by atoms with Crippen LogP contribution in [0.2, 0.25) is 0 Å². The Morgan fingerprint density at radius 2 is 2.20 bits per heavy atom. The molecule has 4 heteroatoms.